The Morgan fingerprint density at radius 2 is 2.29 bits per heavy atom. The van der Waals surface area contributed by atoms with Crippen LogP contribution in [-0.2, 0) is 12.1 Å². The van der Waals surface area contributed by atoms with Crippen LogP contribution in [0.5, 0.6) is 0 Å². The molecule has 2 N–H and O–H groups in total. The largest absolute Gasteiger partial charge is 0.382 e. The van der Waals surface area contributed by atoms with E-state index in [1.54, 1.807) is 6.20 Å². The summed E-state index contributed by atoms with van der Waals surface area (Å²) in [4.78, 5) is 4.27. The van der Waals surface area contributed by atoms with Gasteiger partial charge in [-0.05, 0) is 32.9 Å². The van der Waals surface area contributed by atoms with Crippen LogP contribution in [-0.4, -0.2) is 27.7 Å². The van der Waals surface area contributed by atoms with Crippen LogP contribution in [0.25, 0.3) is 0 Å². The first-order valence-electron chi connectivity index (χ1n) is 5.21. The standard InChI is InChI=1S/C10H17N3O/c1-2-13-8-7-12-9(13)10(14)3-5-11-6-4-10/h7-8,11,14H,2-6H2,1H3. The number of aliphatic hydroxyl groups is 1. The second-order valence-electron chi connectivity index (χ2n) is 3.82. The smallest absolute Gasteiger partial charge is 0.140 e. The maximum atomic E-state index is 10.4. The van der Waals surface area contributed by atoms with Crippen LogP contribution < -0.4 is 5.32 Å². The van der Waals surface area contributed by atoms with Crippen LogP contribution in [0.4, 0.5) is 0 Å². The average Bonchev–Trinajstić information content (AvgIpc) is 2.67. The summed E-state index contributed by atoms with van der Waals surface area (Å²) in [5.74, 6) is 0.821. The van der Waals surface area contributed by atoms with E-state index in [1.165, 1.54) is 0 Å². The molecule has 0 unspecified atom stereocenters. The predicted molar refractivity (Wildman–Crippen MR) is 53.9 cm³/mol. The van der Waals surface area contributed by atoms with Crippen molar-refractivity contribution in [3.8, 4) is 0 Å². The molecule has 2 rings (SSSR count). The normalized spacial score (nSPS) is 21.0. The van der Waals surface area contributed by atoms with E-state index < -0.39 is 5.60 Å². The van der Waals surface area contributed by atoms with Gasteiger partial charge < -0.3 is 15.0 Å². The molecule has 0 radical (unpaired) electrons. The minimum absolute atomic E-state index is 0.717. The Morgan fingerprint density at radius 1 is 1.57 bits per heavy atom. The molecule has 1 fully saturated rings. The van der Waals surface area contributed by atoms with E-state index in [1.807, 2.05) is 10.8 Å². The molecule has 1 aliphatic heterocycles. The molecule has 0 atom stereocenters. The van der Waals surface area contributed by atoms with Crippen LogP contribution >= 0.6 is 0 Å². The summed E-state index contributed by atoms with van der Waals surface area (Å²) < 4.78 is 2.02. The molecule has 78 valence electrons. The number of nitrogens with one attached hydrogen (secondary N) is 1. The minimum atomic E-state index is -0.717. The Balaban J connectivity index is 2.27. The Labute approximate surface area is 84.0 Å². The summed E-state index contributed by atoms with van der Waals surface area (Å²) in [6.07, 6.45) is 5.20. The molecule has 0 saturated carbocycles. The van der Waals surface area contributed by atoms with Gasteiger partial charge in [0.05, 0.1) is 0 Å². The molecule has 1 saturated heterocycles. The van der Waals surface area contributed by atoms with Gasteiger partial charge in [-0.1, -0.05) is 0 Å². The second kappa shape index (κ2) is 3.71. The molecule has 1 aliphatic rings. The molecule has 14 heavy (non-hydrogen) atoms. The third-order valence-electron chi connectivity index (χ3n) is 2.90. The van der Waals surface area contributed by atoms with Crippen molar-refractivity contribution in [2.45, 2.75) is 31.9 Å². The summed E-state index contributed by atoms with van der Waals surface area (Å²) in [5.41, 5.74) is -0.717. The molecule has 0 amide bonds. The third-order valence-corrected chi connectivity index (χ3v) is 2.90. The molecule has 0 aromatic carbocycles. The van der Waals surface area contributed by atoms with E-state index in [9.17, 15) is 5.11 Å². The highest BCUT2D eigenvalue weighted by atomic mass is 16.3. The second-order valence-corrected chi connectivity index (χ2v) is 3.82. The predicted octanol–water partition coefficient (Wildman–Crippen LogP) is 0.474. The van der Waals surface area contributed by atoms with Gasteiger partial charge in [0.1, 0.15) is 11.4 Å². The van der Waals surface area contributed by atoms with Gasteiger partial charge in [0.2, 0.25) is 0 Å². The molecule has 4 nitrogen and oxygen atoms in total. The number of aromatic nitrogens is 2. The number of imidazole rings is 1. The molecule has 1 aromatic rings. The fourth-order valence-corrected chi connectivity index (χ4v) is 2.04. The first kappa shape index (κ1) is 9.68. The van der Waals surface area contributed by atoms with E-state index in [-0.39, 0.29) is 0 Å². The number of hydrogen-bond donors (Lipinski definition) is 2. The summed E-state index contributed by atoms with van der Waals surface area (Å²) >= 11 is 0. The van der Waals surface area contributed by atoms with Crippen molar-refractivity contribution in [1.82, 2.24) is 14.9 Å². The lowest BCUT2D eigenvalue weighted by Gasteiger charge is -2.32. The molecular weight excluding hydrogens is 178 g/mol. The molecule has 4 heteroatoms. The van der Waals surface area contributed by atoms with Gasteiger partial charge in [-0.2, -0.15) is 0 Å². The van der Waals surface area contributed by atoms with Gasteiger partial charge in [-0.25, -0.2) is 4.98 Å². The van der Waals surface area contributed by atoms with Crippen molar-refractivity contribution < 1.29 is 5.11 Å². The number of nitrogens with zero attached hydrogens (tertiary/aromatic N) is 2. The Morgan fingerprint density at radius 3 is 2.93 bits per heavy atom. The number of hydrogen-bond acceptors (Lipinski definition) is 3. The van der Waals surface area contributed by atoms with Crippen LogP contribution in [0.15, 0.2) is 12.4 Å². The molecule has 2 heterocycles. The van der Waals surface area contributed by atoms with Crippen molar-refractivity contribution >= 4 is 0 Å². The monoisotopic (exact) mass is 195 g/mol. The van der Waals surface area contributed by atoms with Crippen molar-refractivity contribution in [2.75, 3.05) is 13.1 Å². The SMILES string of the molecule is CCn1ccnc1C1(O)CCNCC1. The summed E-state index contributed by atoms with van der Waals surface area (Å²) in [5, 5.41) is 13.7. The topological polar surface area (TPSA) is 50.1 Å². The van der Waals surface area contributed by atoms with E-state index >= 15 is 0 Å². The highest BCUT2D eigenvalue weighted by molar-refractivity contribution is 5.06. The van der Waals surface area contributed by atoms with Crippen molar-refractivity contribution in [3.63, 3.8) is 0 Å². The van der Waals surface area contributed by atoms with Gasteiger partial charge in [0, 0.05) is 18.9 Å². The highest BCUT2D eigenvalue weighted by Crippen LogP contribution is 2.28. The van der Waals surface area contributed by atoms with Gasteiger partial charge in [0.25, 0.3) is 0 Å². The van der Waals surface area contributed by atoms with E-state index in [4.69, 9.17) is 0 Å². The van der Waals surface area contributed by atoms with Crippen molar-refractivity contribution in [3.05, 3.63) is 18.2 Å². The Kier molecular flexibility index (Phi) is 2.56. The lowest BCUT2D eigenvalue weighted by atomic mass is 9.91. The maximum Gasteiger partial charge on any atom is 0.140 e. The first-order valence-corrected chi connectivity index (χ1v) is 5.21. The van der Waals surface area contributed by atoms with Crippen molar-refractivity contribution in [2.24, 2.45) is 0 Å². The summed E-state index contributed by atoms with van der Waals surface area (Å²) in [7, 11) is 0. The summed E-state index contributed by atoms with van der Waals surface area (Å²) in [6.45, 7) is 4.67. The maximum absolute atomic E-state index is 10.4. The molecule has 0 aliphatic carbocycles. The number of rotatable bonds is 2. The zero-order valence-electron chi connectivity index (χ0n) is 8.53. The molecule has 1 aromatic heterocycles. The Bertz CT molecular complexity index is 302. The van der Waals surface area contributed by atoms with Crippen LogP contribution in [0.1, 0.15) is 25.6 Å². The summed E-state index contributed by atoms with van der Waals surface area (Å²) in [6, 6.07) is 0. The number of aryl methyl sites for hydroxylation is 1. The highest BCUT2D eigenvalue weighted by Gasteiger charge is 2.34. The van der Waals surface area contributed by atoms with Gasteiger partial charge in [-0.15, -0.1) is 0 Å². The van der Waals surface area contributed by atoms with Gasteiger partial charge in [0.15, 0.2) is 0 Å². The van der Waals surface area contributed by atoms with Crippen LogP contribution in [0.3, 0.4) is 0 Å². The quantitative estimate of drug-likeness (QED) is 0.721. The van der Waals surface area contributed by atoms with Gasteiger partial charge >= 0.3 is 0 Å². The lowest BCUT2D eigenvalue weighted by molar-refractivity contribution is -0.00545. The third kappa shape index (κ3) is 1.55. The first-order chi connectivity index (χ1) is 6.76. The molecular formula is C10H17N3O. The fourth-order valence-electron chi connectivity index (χ4n) is 2.04. The van der Waals surface area contributed by atoms with Crippen LogP contribution in [0, 0.1) is 0 Å². The lowest BCUT2D eigenvalue weighted by Crippen LogP contribution is -2.41. The molecule has 0 bridgehead atoms. The van der Waals surface area contributed by atoms with Gasteiger partial charge in [-0.3, -0.25) is 0 Å². The number of piperidine rings is 1. The Hall–Kier alpha value is -0.870. The van der Waals surface area contributed by atoms with Crippen molar-refractivity contribution in [1.29, 1.82) is 0 Å². The van der Waals surface area contributed by atoms with E-state index in [0.29, 0.717) is 0 Å². The molecule has 0 spiro atoms. The van der Waals surface area contributed by atoms with Crippen LogP contribution in [0.2, 0.25) is 0 Å². The zero-order valence-corrected chi connectivity index (χ0v) is 8.53. The zero-order chi connectivity index (χ0) is 10.0. The minimum Gasteiger partial charge on any atom is -0.382 e. The van der Waals surface area contributed by atoms with E-state index in [0.717, 1.165) is 38.3 Å². The average molecular weight is 195 g/mol. The van der Waals surface area contributed by atoms with E-state index in [2.05, 4.69) is 17.2 Å². The fraction of sp³-hybridized carbons (Fsp3) is 0.700.